The highest BCUT2D eigenvalue weighted by Gasteiger charge is 2.20. The molecule has 0 saturated heterocycles. The van der Waals surface area contributed by atoms with Crippen molar-refractivity contribution in [1.29, 1.82) is 0 Å². The van der Waals surface area contributed by atoms with Crippen LogP contribution in [0.2, 0.25) is 10.0 Å². The first-order valence-electron chi connectivity index (χ1n) is 8.12. The van der Waals surface area contributed by atoms with Gasteiger partial charge in [0.25, 0.3) is 0 Å². The van der Waals surface area contributed by atoms with E-state index in [1.807, 2.05) is 62.3 Å². The number of halogens is 2. The third-order valence-electron chi connectivity index (χ3n) is 4.04. The predicted molar refractivity (Wildman–Crippen MR) is 109 cm³/mol. The Kier molecular flexibility index (Phi) is 5.30. The van der Waals surface area contributed by atoms with E-state index in [0.717, 1.165) is 22.0 Å². The number of fused-ring (bicyclic) bond motifs is 1. The smallest absolute Gasteiger partial charge is 0.189 e. The van der Waals surface area contributed by atoms with Crippen LogP contribution >= 0.6 is 23.2 Å². The fourth-order valence-electron chi connectivity index (χ4n) is 2.90. The molecule has 0 fully saturated rings. The van der Waals surface area contributed by atoms with E-state index in [1.54, 1.807) is 18.3 Å². The number of hydrogen-bond acceptors (Lipinski definition) is 3. The fourth-order valence-corrected chi connectivity index (χ4v) is 3.31. The highest BCUT2D eigenvalue weighted by Crippen LogP contribution is 2.38. The second-order valence-corrected chi connectivity index (χ2v) is 7.08. The Morgan fingerprint density at radius 1 is 1.12 bits per heavy atom. The summed E-state index contributed by atoms with van der Waals surface area (Å²) in [6.45, 7) is 1.84. The van der Waals surface area contributed by atoms with Crippen molar-refractivity contribution in [2.75, 3.05) is 14.1 Å². The van der Waals surface area contributed by atoms with Crippen molar-refractivity contribution in [3.05, 3.63) is 76.0 Å². The van der Waals surface area contributed by atoms with Crippen LogP contribution in [0.1, 0.15) is 16.1 Å². The lowest BCUT2D eigenvalue weighted by Crippen LogP contribution is -2.07. The maximum absolute atomic E-state index is 13.0. The Bertz CT molecular complexity index is 1030. The van der Waals surface area contributed by atoms with Crippen LogP contribution < -0.4 is 0 Å². The largest absolute Gasteiger partial charge is 0.383 e. The van der Waals surface area contributed by atoms with Crippen LogP contribution in [0.3, 0.4) is 0 Å². The van der Waals surface area contributed by atoms with Gasteiger partial charge in [0.2, 0.25) is 0 Å². The molecule has 0 aliphatic heterocycles. The molecule has 0 aliphatic rings. The van der Waals surface area contributed by atoms with Gasteiger partial charge in [0.1, 0.15) is 0 Å². The Hall–Kier alpha value is -2.36. The molecule has 0 unspecified atom stereocenters. The van der Waals surface area contributed by atoms with Gasteiger partial charge in [-0.2, -0.15) is 0 Å². The summed E-state index contributed by atoms with van der Waals surface area (Å²) in [5, 5.41) is 1.96. The Morgan fingerprint density at radius 2 is 1.85 bits per heavy atom. The number of aromatic nitrogens is 1. The highest BCUT2D eigenvalue weighted by molar-refractivity contribution is 6.35. The second kappa shape index (κ2) is 7.48. The summed E-state index contributed by atoms with van der Waals surface area (Å²) in [6, 6.07) is 13.0. The van der Waals surface area contributed by atoms with E-state index in [-0.39, 0.29) is 5.78 Å². The standard InChI is InChI=1S/C21H18Cl2N2O/c1-13-20(19(26)10-11-25(2)3)21(15-6-4-5-7-17(15)23)16-12-14(22)8-9-18(16)24-13/h4-12H,1-3H3/b11-10+. The van der Waals surface area contributed by atoms with Gasteiger partial charge in [-0.25, -0.2) is 0 Å². The summed E-state index contributed by atoms with van der Waals surface area (Å²) in [5.74, 6) is -0.125. The van der Waals surface area contributed by atoms with Crippen LogP contribution in [-0.4, -0.2) is 29.8 Å². The number of rotatable bonds is 4. The van der Waals surface area contributed by atoms with Crippen molar-refractivity contribution < 1.29 is 4.79 Å². The monoisotopic (exact) mass is 384 g/mol. The molecule has 0 spiro atoms. The lowest BCUT2D eigenvalue weighted by atomic mass is 9.92. The summed E-state index contributed by atoms with van der Waals surface area (Å²) in [5.41, 5.74) is 3.51. The Morgan fingerprint density at radius 3 is 2.54 bits per heavy atom. The number of carbonyl (C=O) groups is 1. The van der Waals surface area contributed by atoms with Crippen molar-refractivity contribution in [2.24, 2.45) is 0 Å². The zero-order chi connectivity index (χ0) is 18.8. The molecule has 0 radical (unpaired) electrons. The van der Waals surface area contributed by atoms with Gasteiger partial charge in [-0.1, -0.05) is 41.4 Å². The number of nitrogens with zero attached hydrogens (tertiary/aromatic N) is 2. The molecule has 0 N–H and O–H groups in total. The zero-order valence-corrected chi connectivity index (χ0v) is 16.3. The number of pyridine rings is 1. The summed E-state index contributed by atoms with van der Waals surface area (Å²) in [4.78, 5) is 19.4. The quantitative estimate of drug-likeness (QED) is 0.422. The molecule has 3 aromatic rings. The van der Waals surface area contributed by atoms with Crippen molar-refractivity contribution in [2.45, 2.75) is 6.92 Å². The average molecular weight is 385 g/mol. The number of ketones is 1. The number of aryl methyl sites for hydroxylation is 1. The van der Waals surface area contributed by atoms with Gasteiger partial charge in [-0.15, -0.1) is 0 Å². The van der Waals surface area contributed by atoms with Crippen molar-refractivity contribution >= 4 is 39.9 Å². The number of carbonyl (C=O) groups excluding carboxylic acids is 1. The van der Waals surface area contributed by atoms with E-state index < -0.39 is 0 Å². The Balaban J connectivity index is 2.40. The molecule has 1 heterocycles. The summed E-state index contributed by atoms with van der Waals surface area (Å²) < 4.78 is 0. The molecule has 0 aliphatic carbocycles. The molecule has 2 aromatic carbocycles. The number of allylic oxidation sites excluding steroid dienone is 1. The lowest BCUT2D eigenvalue weighted by Gasteiger charge is -2.15. The fraction of sp³-hybridized carbons (Fsp3) is 0.143. The minimum absolute atomic E-state index is 0.125. The molecule has 0 bridgehead atoms. The third-order valence-corrected chi connectivity index (χ3v) is 4.61. The first kappa shape index (κ1) is 18.4. The van der Waals surface area contributed by atoms with E-state index >= 15 is 0 Å². The molecule has 0 saturated carbocycles. The van der Waals surface area contributed by atoms with Crippen molar-refractivity contribution in [1.82, 2.24) is 9.88 Å². The van der Waals surface area contributed by atoms with E-state index in [4.69, 9.17) is 23.2 Å². The lowest BCUT2D eigenvalue weighted by molar-refractivity contribution is 0.104. The normalized spacial score (nSPS) is 11.3. The highest BCUT2D eigenvalue weighted by atomic mass is 35.5. The molecule has 0 atom stereocenters. The van der Waals surface area contributed by atoms with Crippen LogP contribution in [0.15, 0.2) is 54.7 Å². The molecule has 0 amide bonds. The summed E-state index contributed by atoms with van der Waals surface area (Å²) >= 11 is 12.7. The third kappa shape index (κ3) is 3.59. The maximum Gasteiger partial charge on any atom is 0.189 e. The number of benzene rings is 2. The van der Waals surface area contributed by atoms with Crippen LogP contribution in [-0.2, 0) is 0 Å². The van der Waals surface area contributed by atoms with Gasteiger partial charge in [0.05, 0.1) is 11.1 Å². The molecule has 5 heteroatoms. The van der Waals surface area contributed by atoms with Crippen LogP contribution in [0.5, 0.6) is 0 Å². The second-order valence-electron chi connectivity index (χ2n) is 6.23. The minimum atomic E-state index is -0.125. The molecule has 3 rings (SSSR count). The molecular formula is C21H18Cl2N2O. The molecule has 26 heavy (non-hydrogen) atoms. The summed E-state index contributed by atoms with van der Waals surface area (Å²) in [7, 11) is 3.73. The topological polar surface area (TPSA) is 33.2 Å². The van der Waals surface area contributed by atoms with Crippen molar-refractivity contribution in [3.8, 4) is 11.1 Å². The van der Waals surface area contributed by atoms with Gasteiger partial charge in [-0.3, -0.25) is 9.78 Å². The van der Waals surface area contributed by atoms with Gasteiger partial charge in [0, 0.05) is 58.6 Å². The zero-order valence-electron chi connectivity index (χ0n) is 14.8. The predicted octanol–water partition coefficient (Wildman–Crippen LogP) is 5.78. The van der Waals surface area contributed by atoms with Crippen molar-refractivity contribution in [3.63, 3.8) is 0 Å². The molecule has 1 aromatic heterocycles. The summed E-state index contributed by atoms with van der Waals surface area (Å²) in [6.07, 6.45) is 3.26. The van der Waals surface area contributed by atoms with Gasteiger partial charge >= 0.3 is 0 Å². The number of hydrogen-bond donors (Lipinski definition) is 0. The van der Waals surface area contributed by atoms with Gasteiger partial charge in [-0.05, 0) is 31.2 Å². The van der Waals surface area contributed by atoms with E-state index in [9.17, 15) is 4.79 Å². The van der Waals surface area contributed by atoms with Crippen LogP contribution in [0, 0.1) is 6.92 Å². The van der Waals surface area contributed by atoms with E-state index in [0.29, 0.717) is 21.3 Å². The SMILES string of the molecule is Cc1nc2ccc(Cl)cc2c(-c2ccccc2Cl)c1C(=O)/C=C/N(C)C. The maximum atomic E-state index is 13.0. The first-order valence-corrected chi connectivity index (χ1v) is 8.88. The van der Waals surface area contributed by atoms with E-state index in [2.05, 4.69) is 4.98 Å². The van der Waals surface area contributed by atoms with E-state index in [1.165, 1.54) is 0 Å². The molecule has 3 nitrogen and oxygen atoms in total. The van der Waals surface area contributed by atoms with Crippen LogP contribution in [0.4, 0.5) is 0 Å². The van der Waals surface area contributed by atoms with Gasteiger partial charge in [0.15, 0.2) is 5.78 Å². The molecule has 132 valence electrons. The Labute approximate surface area is 162 Å². The van der Waals surface area contributed by atoms with Gasteiger partial charge < -0.3 is 4.90 Å². The minimum Gasteiger partial charge on any atom is -0.383 e. The molecular weight excluding hydrogens is 367 g/mol. The average Bonchev–Trinajstić information content (AvgIpc) is 2.59. The van der Waals surface area contributed by atoms with Crippen LogP contribution in [0.25, 0.3) is 22.0 Å². The first-order chi connectivity index (χ1) is 12.4.